The van der Waals surface area contributed by atoms with E-state index in [9.17, 15) is 14.4 Å². The number of carbonyl (C=O) groups excluding carboxylic acids is 3. The van der Waals surface area contributed by atoms with Gasteiger partial charge < -0.3 is 19.9 Å². The molecular formula is C30H31N3O4. The maximum absolute atomic E-state index is 13.6. The van der Waals surface area contributed by atoms with Crippen molar-refractivity contribution in [1.29, 1.82) is 0 Å². The van der Waals surface area contributed by atoms with Gasteiger partial charge in [-0.3, -0.25) is 14.4 Å². The Kier molecular flexibility index (Phi) is 6.95. The summed E-state index contributed by atoms with van der Waals surface area (Å²) in [5.74, 6) is 0.438. The van der Waals surface area contributed by atoms with Crippen molar-refractivity contribution in [2.45, 2.75) is 45.3 Å². The molecule has 2 atom stereocenters. The first-order valence-corrected chi connectivity index (χ1v) is 12.8. The Balaban J connectivity index is 1.35. The summed E-state index contributed by atoms with van der Waals surface area (Å²) in [6.07, 6.45) is 1.49. The predicted molar refractivity (Wildman–Crippen MR) is 142 cm³/mol. The van der Waals surface area contributed by atoms with E-state index in [1.54, 1.807) is 21.9 Å². The quantitative estimate of drug-likeness (QED) is 0.512. The number of nitrogens with one attached hydrogen (secondary N) is 1. The molecule has 3 aromatic rings. The zero-order valence-electron chi connectivity index (χ0n) is 21.1. The van der Waals surface area contributed by atoms with E-state index in [2.05, 4.69) is 5.32 Å². The molecule has 2 aliphatic heterocycles. The molecule has 1 fully saturated rings. The molecule has 5 rings (SSSR count). The molecule has 0 bridgehead atoms. The summed E-state index contributed by atoms with van der Waals surface area (Å²) < 4.78 is 5.50. The molecule has 0 saturated carbocycles. The number of para-hydroxylation sites is 1. The van der Waals surface area contributed by atoms with Gasteiger partial charge in [0, 0.05) is 12.1 Å². The molecule has 7 heteroatoms. The van der Waals surface area contributed by atoms with E-state index in [4.69, 9.17) is 4.74 Å². The summed E-state index contributed by atoms with van der Waals surface area (Å²) >= 11 is 0. The lowest BCUT2D eigenvalue weighted by Crippen LogP contribution is -2.44. The van der Waals surface area contributed by atoms with Crippen molar-refractivity contribution in [1.82, 2.24) is 10.2 Å². The number of benzene rings is 3. The lowest BCUT2D eigenvalue weighted by atomic mass is 10.1. The van der Waals surface area contributed by atoms with Crippen LogP contribution in [0.3, 0.4) is 0 Å². The van der Waals surface area contributed by atoms with Crippen molar-refractivity contribution >= 4 is 23.4 Å². The van der Waals surface area contributed by atoms with Gasteiger partial charge >= 0.3 is 0 Å². The van der Waals surface area contributed by atoms with Crippen LogP contribution >= 0.6 is 0 Å². The van der Waals surface area contributed by atoms with Gasteiger partial charge in [0.05, 0.1) is 30.4 Å². The standard InChI is InChI=1S/C30H31N3O4/c1-3-37-24-15-13-22(14-16-24)20(2)31-28(34)23-9-6-8-21(18-23)19-33-26-11-5-4-10-25(26)29(35)32-17-7-12-27(32)30(33)36/h4-6,8-11,13-16,18,20,27H,3,7,12,17,19H2,1-2H3,(H,31,34). The van der Waals surface area contributed by atoms with Gasteiger partial charge in [0.2, 0.25) is 5.91 Å². The Bertz CT molecular complexity index is 1320. The molecule has 0 spiro atoms. The monoisotopic (exact) mass is 497 g/mol. The summed E-state index contributed by atoms with van der Waals surface area (Å²) in [6, 6.07) is 21.6. The van der Waals surface area contributed by atoms with E-state index in [-0.39, 0.29) is 30.3 Å². The van der Waals surface area contributed by atoms with Crippen LogP contribution in [0.15, 0.2) is 72.8 Å². The zero-order chi connectivity index (χ0) is 25.9. The Hall–Kier alpha value is -4.13. The van der Waals surface area contributed by atoms with Crippen LogP contribution in [-0.4, -0.2) is 41.8 Å². The highest BCUT2D eigenvalue weighted by molar-refractivity contribution is 6.11. The molecule has 2 heterocycles. The third-order valence-electron chi connectivity index (χ3n) is 7.06. The maximum atomic E-state index is 13.6. The first-order chi connectivity index (χ1) is 18.0. The minimum absolute atomic E-state index is 0.0743. The highest BCUT2D eigenvalue weighted by Crippen LogP contribution is 2.33. The number of rotatable bonds is 7. The summed E-state index contributed by atoms with van der Waals surface area (Å²) in [7, 11) is 0. The van der Waals surface area contributed by atoms with Gasteiger partial charge in [0.1, 0.15) is 11.8 Å². The van der Waals surface area contributed by atoms with E-state index in [0.717, 1.165) is 23.3 Å². The number of amides is 3. The van der Waals surface area contributed by atoms with Crippen LogP contribution in [0.4, 0.5) is 5.69 Å². The highest BCUT2D eigenvalue weighted by atomic mass is 16.5. The second kappa shape index (κ2) is 10.5. The van der Waals surface area contributed by atoms with Gasteiger partial charge in [-0.1, -0.05) is 36.4 Å². The largest absolute Gasteiger partial charge is 0.494 e. The van der Waals surface area contributed by atoms with Crippen LogP contribution in [-0.2, 0) is 11.3 Å². The van der Waals surface area contributed by atoms with E-state index in [0.29, 0.717) is 36.4 Å². The van der Waals surface area contributed by atoms with Gasteiger partial charge in [0.25, 0.3) is 11.8 Å². The molecule has 0 aliphatic carbocycles. The lowest BCUT2D eigenvalue weighted by molar-refractivity contribution is -0.122. The fourth-order valence-electron chi connectivity index (χ4n) is 5.15. The molecule has 2 aliphatic rings. The SMILES string of the molecule is CCOc1ccc(C(C)NC(=O)c2cccc(CN3C(=O)C4CCCN4C(=O)c4ccccc43)c2)cc1. The van der Waals surface area contributed by atoms with Gasteiger partial charge in [0.15, 0.2) is 0 Å². The Labute approximate surface area is 217 Å². The van der Waals surface area contributed by atoms with Gasteiger partial charge in [-0.05, 0) is 74.2 Å². The number of anilines is 1. The summed E-state index contributed by atoms with van der Waals surface area (Å²) in [5, 5.41) is 3.05. The molecule has 3 amide bonds. The second-order valence-electron chi connectivity index (χ2n) is 9.50. The van der Waals surface area contributed by atoms with Crippen molar-refractivity contribution in [3.63, 3.8) is 0 Å². The fraction of sp³-hybridized carbons (Fsp3) is 0.300. The summed E-state index contributed by atoms with van der Waals surface area (Å²) in [6.45, 7) is 5.36. The topological polar surface area (TPSA) is 79.0 Å². The van der Waals surface area contributed by atoms with Crippen LogP contribution in [0.1, 0.15) is 64.6 Å². The van der Waals surface area contributed by atoms with Crippen LogP contribution in [0, 0.1) is 0 Å². The molecule has 190 valence electrons. The molecule has 7 nitrogen and oxygen atoms in total. The van der Waals surface area contributed by atoms with Crippen molar-refractivity contribution in [3.05, 3.63) is 95.1 Å². The van der Waals surface area contributed by atoms with Gasteiger partial charge in [-0.15, -0.1) is 0 Å². The van der Waals surface area contributed by atoms with Crippen LogP contribution < -0.4 is 15.0 Å². The van der Waals surface area contributed by atoms with Crippen LogP contribution in [0.25, 0.3) is 0 Å². The molecule has 0 aromatic heterocycles. The third kappa shape index (κ3) is 4.94. The number of nitrogens with zero attached hydrogens (tertiary/aromatic N) is 2. The van der Waals surface area contributed by atoms with E-state index in [1.807, 2.05) is 74.5 Å². The molecule has 1 saturated heterocycles. The number of carbonyl (C=O) groups is 3. The van der Waals surface area contributed by atoms with Crippen LogP contribution in [0.5, 0.6) is 5.75 Å². The molecular weight excluding hydrogens is 466 g/mol. The van der Waals surface area contributed by atoms with E-state index in [1.165, 1.54) is 0 Å². The molecule has 3 aromatic carbocycles. The Morgan fingerprint density at radius 2 is 1.84 bits per heavy atom. The average molecular weight is 498 g/mol. The summed E-state index contributed by atoms with van der Waals surface area (Å²) in [4.78, 5) is 43.2. The minimum atomic E-state index is -0.443. The van der Waals surface area contributed by atoms with E-state index >= 15 is 0 Å². The fourth-order valence-corrected chi connectivity index (χ4v) is 5.15. The zero-order valence-corrected chi connectivity index (χ0v) is 21.1. The van der Waals surface area contributed by atoms with Gasteiger partial charge in [-0.25, -0.2) is 0 Å². The van der Waals surface area contributed by atoms with Crippen molar-refractivity contribution < 1.29 is 19.1 Å². The van der Waals surface area contributed by atoms with E-state index < -0.39 is 6.04 Å². The Morgan fingerprint density at radius 3 is 2.62 bits per heavy atom. The summed E-state index contributed by atoms with van der Waals surface area (Å²) in [5.41, 5.74) is 3.47. The number of hydrogen-bond donors (Lipinski definition) is 1. The molecule has 2 unspecified atom stereocenters. The first kappa shape index (κ1) is 24.6. The third-order valence-corrected chi connectivity index (χ3v) is 7.06. The minimum Gasteiger partial charge on any atom is -0.494 e. The number of fused-ring (bicyclic) bond motifs is 2. The predicted octanol–water partition coefficient (Wildman–Crippen LogP) is 4.73. The van der Waals surface area contributed by atoms with Crippen molar-refractivity contribution in [3.8, 4) is 5.75 Å². The molecule has 1 N–H and O–H groups in total. The van der Waals surface area contributed by atoms with Crippen molar-refractivity contribution in [2.24, 2.45) is 0 Å². The number of ether oxygens (including phenoxy) is 1. The lowest BCUT2D eigenvalue weighted by Gasteiger charge is -2.26. The molecule has 0 radical (unpaired) electrons. The maximum Gasteiger partial charge on any atom is 0.256 e. The first-order valence-electron chi connectivity index (χ1n) is 12.8. The second-order valence-corrected chi connectivity index (χ2v) is 9.50. The smallest absolute Gasteiger partial charge is 0.256 e. The molecule has 37 heavy (non-hydrogen) atoms. The van der Waals surface area contributed by atoms with Crippen LogP contribution in [0.2, 0.25) is 0 Å². The average Bonchev–Trinajstić information content (AvgIpc) is 3.39. The highest BCUT2D eigenvalue weighted by Gasteiger charge is 2.41. The van der Waals surface area contributed by atoms with Gasteiger partial charge in [-0.2, -0.15) is 0 Å². The van der Waals surface area contributed by atoms with Crippen molar-refractivity contribution in [2.75, 3.05) is 18.1 Å². The number of hydrogen-bond acceptors (Lipinski definition) is 4. The normalized spacial score (nSPS) is 17.6. The Morgan fingerprint density at radius 1 is 1.05 bits per heavy atom.